The molecular weight excluding hydrogens is 283 g/mol. The third-order valence-corrected chi connectivity index (χ3v) is 4.41. The summed E-state index contributed by atoms with van der Waals surface area (Å²) in [5.74, 6) is -1.09. The molecule has 1 fully saturated rings. The number of aryl methyl sites for hydroxylation is 1. The molecule has 1 saturated carbocycles. The molecule has 1 aliphatic rings. The third kappa shape index (κ3) is 3.84. The predicted octanol–water partition coefficient (Wildman–Crippen LogP) is 2.37. The van der Waals surface area contributed by atoms with E-state index in [-0.39, 0.29) is 18.1 Å². The molecule has 0 aromatic heterocycles. The number of halogens is 1. The zero-order valence-corrected chi connectivity index (χ0v) is 13.0. The van der Waals surface area contributed by atoms with Gasteiger partial charge in [-0.2, -0.15) is 0 Å². The van der Waals surface area contributed by atoms with Gasteiger partial charge in [0.25, 0.3) is 0 Å². The van der Waals surface area contributed by atoms with Crippen molar-refractivity contribution in [2.24, 2.45) is 5.73 Å². The number of carbonyl (C=O) groups excluding carboxylic acids is 2. The third-order valence-electron chi connectivity index (χ3n) is 4.41. The lowest BCUT2D eigenvalue weighted by molar-refractivity contribution is -0.131. The Kier molecular flexibility index (Phi) is 5.16. The molecule has 2 amide bonds. The van der Waals surface area contributed by atoms with Crippen LogP contribution in [0.5, 0.6) is 0 Å². The van der Waals surface area contributed by atoms with Gasteiger partial charge in [-0.05, 0) is 37.0 Å². The standard InChI is InChI=1S/C17H23FN2O2/c1-12-6-7-13(10-14(12)18)11-15(21)20-17(16(19)22)8-4-2-3-5-9-17/h6-7,10H,2-5,8-9,11H2,1H3,(H2,19,22)(H,20,21). The fourth-order valence-corrected chi connectivity index (χ4v) is 3.01. The second kappa shape index (κ2) is 6.90. The van der Waals surface area contributed by atoms with Crippen LogP contribution < -0.4 is 11.1 Å². The maximum atomic E-state index is 13.5. The highest BCUT2D eigenvalue weighted by atomic mass is 19.1. The van der Waals surface area contributed by atoms with Gasteiger partial charge in [-0.3, -0.25) is 9.59 Å². The summed E-state index contributed by atoms with van der Waals surface area (Å²) in [6.07, 6.45) is 5.06. The Hall–Kier alpha value is -1.91. The zero-order valence-electron chi connectivity index (χ0n) is 13.0. The summed E-state index contributed by atoms with van der Waals surface area (Å²) in [7, 11) is 0. The van der Waals surface area contributed by atoms with Gasteiger partial charge >= 0.3 is 0 Å². The molecule has 1 aliphatic carbocycles. The molecule has 0 aliphatic heterocycles. The molecule has 120 valence electrons. The van der Waals surface area contributed by atoms with E-state index in [1.165, 1.54) is 6.07 Å². The smallest absolute Gasteiger partial charge is 0.243 e. The highest BCUT2D eigenvalue weighted by Gasteiger charge is 2.38. The molecule has 1 aromatic carbocycles. The number of rotatable bonds is 4. The van der Waals surface area contributed by atoms with Crippen LogP contribution in [-0.4, -0.2) is 17.4 Å². The van der Waals surface area contributed by atoms with Crippen LogP contribution in [0.25, 0.3) is 0 Å². The molecule has 3 N–H and O–H groups in total. The number of hydrogen-bond donors (Lipinski definition) is 2. The van der Waals surface area contributed by atoms with E-state index in [1.54, 1.807) is 19.1 Å². The molecule has 5 heteroatoms. The first kappa shape index (κ1) is 16.5. The van der Waals surface area contributed by atoms with Crippen molar-refractivity contribution in [2.75, 3.05) is 0 Å². The van der Waals surface area contributed by atoms with E-state index in [4.69, 9.17) is 5.73 Å². The van der Waals surface area contributed by atoms with Crippen LogP contribution in [0.15, 0.2) is 18.2 Å². The minimum Gasteiger partial charge on any atom is -0.368 e. The van der Waals surface area contributed by atoms with Crippen molar-refractivity contribution in [3.05, 3.63) is 35.1 Å². The molecule has 22 heavy (non-hydrogen) atoms. The molecule has 4 nitrogen and oxygen atoms in total. The molecule has 0 atom stereocenters. The Bertz CT molecular complexity index is 564. The minimum atomic E-state index is -0.948. The Morgan fingerprint density at radius 1 is 1.23 bits per heavy atom. The van der Waals surface area contributed by atoms with E-state index in [2.05, 4.69) is 5.32 Å². The topological polar surface area (TPSA) is 72.2 Å². The first-order valence-corrected chi connectivity index (χ1v) is 7.79. The molecule has 0 radical (unpaired) electrons. The Morgan fingerprint density at radius 2 is 1.86 bits per heavy atom. The van der Waals surface area contributed by atoms with Crippen molar-refractivity contribution in [3.63, 3.8) is 0 Å². The number of amides is 2. The SMILES string of the molecule is Cc1ccc(CC(=O)NC2(C(N)=O)CCCCCC2)cc1F. The van der Waals surface area contributed by atoms with Crippen molar-refractivity contribution in [1.29, 1.82) is 0 Å². The summed E-state index contributed by atoms with van der Waals surface area (Å²) >= 11 is 0. The maximum Gasteiger partial charge on any atom is 0.243 e. The zero-order chi connectivity index (χ0) is 16.2. The van der Waals surface area contributed by atoms with E-state index in [0.29, 0.717) is 24.0 Å². The van der Waals surface area contributed by atoms with Gasteiger partial charge in [0.2, 0.25) is 11.8 Å². The van der Waals surface area contributed by atoms with Crippen molar-refractivity contribution >= 4 is 11.8 Å². The van der Waals surface area contributed by atoms with Crippen molar-refractivity contribution in [1.82, 2.24) is 5.32 Å². The average molecular weight is 306 g/mol. The first-order valence-electron chi connectivity index (χ1n) is 7.79. The molecule has 0 spiro atoms. The maximum absolute atomic E-state index is 13.5. The highest BCUT2D eigenvalue weighted by Crippen LogP contribution is 2.27. The van der Waals surface area contributed by atoms with Crippen molar-refractivity contribution in [3.8, 4) is 0 Å². The van der Waals surface area contributed by atoms with Gasteiger partial charge in [-0.25, -0.2) is 4.39 Å². The van der Waals surface area contributed by atoms with Crippen LogP contribution in [0.3, 0.4) is 0 Å². The van der Waals surface area contributed by atoms with Gasteiger partial charge in [-0.15, -0.1) is 0 Å². The molecular formula is C17H23FN2O2. The fourth-order valence-electron chi connectivity index (χ4n) is 3.01. The lowest BCUT2D eigenvalue weighted by Gasteiger charge is -2.30. The van der Waals surface area contributed by atoms with Crippen LogP contribution in [0.1, 0.15) is 49.7 Å². The van der Waals surface area contributed by atoms with Gasteiger partial charge in [-0.1, -0.05) is 37.8 Å². The molecule has 0 saturated heterocycles. The van der Waals surface area contributed by atoms with Crippen molar-refractivity contribution < 1.29 is 14.0 Å². The normalized spacial score (nSPS) is 17.5. The number of primary amides is 1. The number of benzene rings is 1. The van der Waals surface area contributed by atoms with E-state index in [1.807, 2.05) is 0 Å². The Morgan fingerprint density at radius 3 is 2.41 bits per heavy atom. The molecule has 0 bridgehead atoms. The van der Waals surface area contributed by atoms with E-state index in [0.717, 1.165) is 25.7 Å². The van der Waals surface area contributed by atoms with Crippen LogP contribution in [-0.2, 0) is 16.0 Å². The lowest BCUT2D eigenvalue weighted by Crippen LogP contribution is -2.57. The summed E-state index contributed by atoms with van der Waals surface area (Å²) in [5, 5.41) is 2.82. The van der Waals surface area contributed by atoms with Gasteiger partial charge in [0.05, 0.1) is 6.42 Å². The van der Waals surface area contributed by atoms with Crippen molar-refractivity contribution in [2.45, 2.75) is 57.4 Å². The van der Waals surface area contributed by atoms with Gasteiger partial charge in [0.15, 0.2) is 0 Å². The van der Waals surface area contributed by atoms with Crippen LogP contribution in [0.4, 0.5) is 4.39 Å². The molecule has 2 rings (SSSR count). The largest absolute Gasteiger partial charge is 0.368 e. The quantitative estimate of drug-likeness (QED) is 0.838. The van der Waals surface area contributed by atoms with Gasteiger partial charge in [0, 0.05) is 0 Å². The van der Waals surface area contributed by atoms with Crippen LogP contribution in [0.2, 0.25) is 0 Å². The fraction of sp³-hybridized carbons (Fsp3) is 0.529. The number of carbonyl (C=O) groups is 2. The van der Waals surface area contributed by atoms with E-state index in [9.17, 15) is 14.0 Å². The number of nitrogens with one attached hydrogen (secondary N) is 1. The minimum absolute atomic E-state index is 0.0478. The molecule has 0 unspecified atom stereocenters. The summed E-state index contributed by atoms with van der Waals surface area (Å²) in [6, 6.07) is 4.73. The first-order chi connectivity index (χ1) is 10.4. The summed E-state index contributed by atoms with van der Waals surface area (Å²) in [6.45, 7) is 1.67. The second-order valence-corrected chi connectivity index (χ2v) is 6.17. The van der Waals surface area contributed by atoms with Gasteiger partial charge in [0.1, 0.15) is 11.4 Å². The van der Waals surface area contributed by atoms with Gasteiger partial charge < -0.3 is 11.1 Å². The predicted molar refractivity (Wildman–Crippen MR) is 82.6 cm³/mol. The lowest BCUT2D eigenvalue weighted by atomic mass is 9.89. The monoisotopic (exact) mass is 306 g/mol. The Balaban J connectivity index is 2.07. The summed E-state index contributed by atoms with van der Waals surface area (Å²) in [4.78, 5) is 24.1. The Labute approximate surface area is 130 Å². The van der Waals surface area contributed by atoms with E-state index < -0.39 is 11.4 Å². The van der Waals surface area contributed by atoms with Crippen LogP contribution >= 0.6 is 0 Å². The number of hydrogen-bond acceptors (Lipinski definition) is 2. The molecule has 0 heterocycles. The molecule has 1 aromatic rings. The van der Waals surface area contributed by atoms with E-state index >= 15 is 0 Å². The summed E-state index contributed by atoms with van der Waals surface area (Å²) in [5.41, 5.74) is 5.73. The summed E-state index contributed by atoms with van der Waals surface area (Å²) < 4.78 is 13.5. The number of nitrogens with two attached hydrogens (primary N) is 1. The second-order valence-electron chi connectivity index (χ2n) is 6.17. The van der Waals surface area contributed by atoms with Crippen LogP contribution in [0, 0.1) is 12.7 Å². The highest BCUT2D eigenvalue weighted by molar-refractivity contribution is 5.91. The average Bonchev–Trinajstić information content (AvgIpc) is 2.69.